The first-order valence-electron chi connectivity index (χ1n) is 9.04. The molecule has 0 amide bonds. The van der Waals surface area contributed by atoms with Crippen molar-refractivity contribution in [1.82, 2.24) is 10.2 Å². The van der Waals surface area contributed by atoms with Crippen LogP contribution in [0.2, 0.25) is 0 Å². The van der Waals surface area contributed by atoms with Crippen LogP contribution in [0.4, 0.5) is 0 Å². The zero-order chi connectivity index (χ0) is 17.9. The first-order chi connectivity index (χ1) is 11.2. The molecule has 0 bridgehead atoms. The fraction of sp³-hybridized carbons (Fsp3) is 0.700. The number of rotatable bonds is 5. The van der Waals surface area contributed by atoms with Crippen LogP contribution in [0.15, 0.2) is 12.1 Å². The van der Waals surface area contributed by atoms with Crippen LogP contribution in [0.3, 0.4) is 0 Å². The predicted molar refractivity (Wildman–Crippen MR) is 99.9 cm³/mol. The Morgan fingerprint density at radius 2 is 1.88 bits per heavy atom. The van der Waals surface area contributed by atoms with Gasteiger partial charge >= 0.3 is 0 Å². The molecular formula is C20H34N2O2. The Bertz CT molecular complexity index is 545. The number of aryl methyl sites for hydroxylation is 1. The molecule has 2 unspecified atom stereocenters. The molecule has 4 nitrogen and oxygen atoms in total. The van der Waals surface area contributed by atoms with E-state index in [-0.39, 0.29) is 11.3 Å². The highest BCUT2D eigenvalue weighted by Gasteiger charge is 2.28. The van der Waals surface area contributed by atoms with E-state index in [0.717, 1.165) is 49.6 Å². The number of ether oxygens (including phenoxy) is 1. The van der Waals surface area contributed by atoms with Crippen LogP contribution in [-0.2, 0) is 5.41 Å². The molecule has 1 aliphatic rings. The molecule has 2 N–H and O–H groups in total. The molecule has 2 atom stereocenters. The molecule has 4 heteroatoms. The molecule has 0 aromatic heterocycles. The van der Waals surface area contributed by atoms with Crippen molar-refractivity contribution < 1.29 is 9.84 Å². The van der Waals surface area contributed by atoms with Gasteiger partial charge in [-0.15, -0.1) is 0 Å². The van der Waals surface area contributed by atoms with E-state index < -0.39 is 6.10 Å². The summed E-state index contributed by atoms with van der Waals surface area (Å²) in [7, 11) is 1.71. The summed E-state index contributed by atoms with van der Waals surface area (Å²) in [5.41, 5.74) is 3.23. The monoisotopic (exact) mass is 334 g/mol. The van der Waals surface area contributed by atoms with E-state index in [0.29, 0.717) is 0 Å². The van der Waals surface area contributed by atoms with Gasteiger partial charge in [0.05, 0.1) is 13.2 Å². The number of aliphatic hydroxyl groups is 1. The summed E-state index contributed by atoms with van der Waals surface area (Å²) < 4.78 is 5.74. The first-order valence-corrected chi connectivity index (χ1v) is 9.04. The van der Waals surface area contributed by atoms with Crippen LogP contribution < -0.4 is 10.1 Å². The van der Waals surface area contributed by atoms with E-state index in [9.17, 15) is 5.11 Å². The van der Waals surface area contributed by atoms with Crippen molar-refractivity contribution in [2.45, 2.75) is 46.1 Å². The standard InChI is InChI=1S/C20H34N2O2/c1-14-11-16(19(24-6)17(12-14)20(3,4)5)18(23)15(2)13-22-9-7-21-8-10-22/h11-12,15,18,21,23H,7-10,13H2,1-6H3. The van der Waals surface area contributed by atoms with Crippen molar-refractivity contribution >= 4 is 0 Å². The highest BCUT2D eigenvalue weighted by Crippen LogP contribution is 2.39. The molecule has 1 saturated heterocycles. The Hall–Kier alpha value is -1.10. The van der Waals surface area contributed by atoms with E-state index in [1.54, 1.807) is 7.11 Å². The van der Waals surface area contributed by atoms with Gasteiger partial charge in [-0.3, -0.25) is 0 Å². The zero-order valence-corrected chi connectivity index (χ0v) is 16.1. The minimum absolute atomic E-state index is 0.0202. The normalized spacial score (nSPS) is 19.1. The smallest absolute Gasteiger partial charge is 0.128 e. The summed E-state index contributed by atoms with van der Waals surface area (Å²) in [6.45, 7) is 15.8. The van der Waals surface area contributed by atoms with Gasteiger partial charge in [0.2, 0.25) is 0 Å². The first kappa shape index (κ1) is 19.2. The molecule has 0 radical (unpaired) electrons. The van der Waals surface area contributed by atoms with Gasteiger partial charge in [0.1, 0.15) is 5.75 Å². The minimum Gasteiger partial charge on any atom is -0.496 e. The van der Waals surface area contributed by atoms with Crippen molar-refractivity contribution in [3.8, 4) is 5.75 Å². The van der Waals surface area contributed by atoms with Gasteiger partial charge in [-0.25, -0.2) is 0 Å². The maximum atomic E-state index is 11.0. The Balaban J connectivity index is 2.27. The van der Waals surface area contributed by atoms with Crippen LogP contribution in [0, 0.1) is 12.8 Å². The molecular weight excluding hydrogens is 300 g/mol. The molecule has 1 aromatic rings. The third-order valence-corrected chi connectivity index (χ3v) is 4.89. The number of methoxy groups -OCH3 is 1. The maximum absolute atomic E-state index is 11.0. The number of nitrogens with zero attached hydrogens (tertiary/aromatic N) is 1. The van der Waals surface area contributed by atoms with Crippen LogP contribution in [-0.4, -0.2) is 49.8 Å². The lowest BCUT2D eigenvalue weighted by atomic mass is 9.82. The van der Waals surface area contributed by atoms with E-state index in [2.05, 4.69) is 57.0 Å². The van der Waals surface area contributed by atoms with Crippen LogP contribution in [0.1, 0.15) is 50.5 Å². The number of piperazine rings is 1. The van der Waals surface area contributed by atoms with Crippen molar-refractivity contribution in [3.63, 3.8) is 0 Å². The molecule has 0 saturated carbocycles. The van der Waals surface area contributed by atoms with Gasteiger partial charge in [0.15, 0.2) is 0 Å². The summed E-state index contributed by atoms with van der Waals surface area (Å²) in [5, 5.41) is 14.4. The van der Waals surface area contributed by atoms with Crippen molar-refractivity contribution in [2.24, 2.45) is 5.92 Å². The second-order valence-corrected chi connectivity index (χ2v) is 8.16. The van der Waals surface area contributed by atoms with Gasteiger partial charge in [0, 0.05) is 43.9 Å². The van der Waals surface area contributed by atoms with Gasteiger partial charge in [-0.1, -0.05) is 39.3 Å². The second kappa shape index (κ2) is 7.85. The highest BCUT2D eigenvalue weighted by molar-refractivity contribution is 5.49. The quantitative estimate of drug-likeness (QED) is 0.869. The Morgan fingerprint density at radius 3 is 2.42 bits per heavy atom. The number of benzene rings is 1. The van der Waals surface area contributed by atoms with Gasteiger partial charge < -0.3 is 20.1 Å². The van der Waals surface area contributed by atoms with Crippen LogP contribution in [0.25, 0.3) is 0 Å². The van der Waals surface area contributed by atoms with E-state index in [1.807, 2.05) is 0 Å². The van der Waals surface area contributed by atoms with Gasteiger partial charge in [-0.05, 0) is 24.3 Å². The minimum atomic E-state index is -0.518. The Kier molecular flexibility index (Phi) is 6.29. The van der Waals surface area contributed by atoms with E-state index in [4.69, 9.17) is 4.74 Å². The third-order valence-electron chi connectivity index (χ3n) is 4.89. The van der Waals surface area contributed by atoms with E-state index in [1.165, 1.54) is 5.56 Å². The largest absolute Gasteiger partial charge is 0.496 e. The molecule has 24 heavy (non-hydrogen) atoms. The average Bonchev–Trinajstić information content (AvgIpc) is 2.53. The molecule has 0 spiro atoms. The van der Waals surface area contributed by atoms with Crippen molar-refractivity contribution in [3.05, 3.63) is 28.8 Å². The molecule has 1 aliphatic heterocycles. The number of nitrogens with one attached hydrogen (secondary N) is 1. The summed E-state index contributed by atoms with van der Waals surface area (Å²) in [6, 6.07) is 4.25. The van der Waals surface area contributed by atoms with Crippen LogP contribution in [0.5, 0.6) is 5.75 Å². The maximum Gasteiger partial charge on any atom is 0.128 e. The van der Waals surface area contributed by atoms with Crippen LogP contribution >= 0.6 is 0 Å². The Morgan fingerprint density at radius 1 is 1.25 bits per heavy atom. The molecule has 1 aromatic carbocycles. The number of aliphatic hydroxyl groups excluding tert-OH is 1. The van der Waals surface area contributed by atoms with Gasteiger partial charge in [0.25, 0.3) is 0 Å². The average molecular weight is 335 g/mol. The number of hydrogen-bond acceptors (Lipinski definition) is 4. The molecule has 1 fully saturated rings. The SMILES string of the molecule is COc1c(C(O)C(C)CN2CCNCC2)cc(C)cc1C(C)(C)C. The molecule has 2 rings (SSSR count). The zero-order valence-electron chi connectivity index (χ0n) is 16.1. The van der Waals surface area contributed by atoms with Gasteiger partial charge in [-0.2, -0.15) is 0 Å². The summed E-state index contributed by atoms with van der Waals surface area (Å²) in [5.74, 6) is 0.999. The highest BCUT2D eigenvalue weighted by atomic mass is 16.5. The molecule has 136 valence electrons. The van der Waals surface area contributed by atoms with E-state index >= 15 is 0 Å². The Labute approximate surface area is 147 Å². The summed E-state index contributed by atoms with van der Waals surface area (Å²) in [4.78, 5) is 2.43. The lowest BCUT2D eigenvalue weighted by molar-refractivity contribution is 0.0819. The second-order valence-electron chi connectivity index (χ2n) is 8.16. The lowest BCUT2D eigenvalue weighted by Crippen LogP contribution is -2.45. The van der Waals surface area contributed by atoms with Crippen molar-refractivity contribution in [2.75, 3.05) is 39.8 Å². The van der Waals surface area contributed by atoms with Crippen molar-refractivity contribution in [1.29, 1.82) is 0 Å². The topological polar surface area (TPSA) is 44.7 Å². The lowest BCUT2D eigenvalue weighted by Gasteiger charge is -2.32. The molecule has 0 aliphatic carbocycles. The molecule has 1 heterocycles. The third kappa shape index (κ3) is 4.50. The fourth-order valence-corrected chi connectivity index (χ4v) is 3.51. The number of hydrogen-bond donors (Lipinski definition) is 2. The predicted octanol–water partition coefficient (Wildman–Crippen LogP) is 2.88. The summed E-state index contributed by atoms with van der Waals surface area (Å²) in [6.07, 6.45) is -0.518. The summed E-state index contributed by atoms with van der Waals surface area (Å²) >= 11 is 0. The fourth-order valence-electron chi connectivity index (χ4n) is 3.51.